The highest BCUT2D eigenvalue weighted by Crippen LogP contribution is 2.19. The smallest absolute Gasteiger partial charge is 0.175 e. The second-order valence-corrected chi connectivity index (χ2v) is 7.69. The summed E-state index contributed by atoms with van der Waals surface area (Å²) in [6.45, 7) is 4.12. The molecule has 118 valence electrons. The van der Waals surface area contributed by atoms with Gasteiger partial charge in [-0.25, -0.2) is 8.42 Å². The topological polar surface area (TPSA) is 75.6 Å². The standard InChI is InChI=1S/C15H23NO4S/c1-11(13-7-8-20-10-13)16-9-15(17)12-3-5-14(6-4-12)21(2,18)19/h3-6,11,13,15-17H,7-10H2,1-2H3. The van der Waals surface area contributed by atoms with Gasteiger partial charge in [0.15, 0.2) is 9.84 Å². The van der Waals surface area contributed by atoms with Crippen molar-refractivity contribution < 1.29 is 18.3 Å². The van der Waals surface area contributed by atoms with Crippen LogP contribution in [0.4, 0.5) is 0 Å². The molecule has 6 heteroatoms. The molecule has 1 aromatic carbocycles. The zero-order valence-electron chi connectivity index (χ0n) is 12.5. The summed E-state index contributed by atoms with van der Waals surface area (Å²) in [6, 6.07) is 6.67. The number of aliphatic hydroxyl groups excluding tert-OH is 1. The lowest BCUT2D eigenvalue weighted by Crippen LogP contribution is -2.36. The first-order valence-corrected chi connectivity index (χ1v) is 9.06. The highest BCUT2D eigenvalue weighted by molar-refractivity contribution is 7.90. The van der Waals surface area contributed by atoms with E-state index in [4.69, 9.17) is 4.74 Å². The summed E-state index contributed by atoms with van der Waals surface area (Å²) in [5, 5.41) is 13.5. The van der Waals surface area contributed by atoms with Crippen molar-refractivity contribution in [3.63, 3.8) is 0 Å². The molecule has 1 aliphatic heterocycles. The average Bonchev–Trinajstić information content (AvgIpc) is 2.98. The fourth-order valence-corrected chi connectivity index (χ4v) is 3.10. The molecule has 0 spiro atoms. The van der Waals surface area contributed by atoms with E-state index in [9.17, 15) is 13.5 Å². The van der Waals surface area contributed by atoms with Crippen LogP contribution < -0.4 is 5.32 Å². The minimum Gasteiger partial charge on any atom is -0.387 e. The minimum absolute atomic E-state index is 0.267. The van der Waals surface area contributed by atoms with E-state index < -0.39 is 15.9 Å². The van der Waals surface area contributed by atoms with Gasteiger partial charge in [0.25, 0.3) is 0 Å². The van der Waals surface area contributed by atoms with Crippen molar-refractivity contribution in [2.75, 3.05) is 26.0 Å². The maximum absolute atomic E-state index is 11.4. The number of ether oxygens (including phenoxy) is 1. The second-order valence-electron chi connectivity index (χ2n) is 5.68. The molecule has 1 aromatic rings. The van der Waals surface area contributed by atoms with E-state index in [1.165, 1.54) is 18.4 Å². The van der Waals surface area contributed by atoms with Crippen LogP contribution in [0.2, 0.25) is 0 Å². The van der Waals surface area contributed by atoms with Gasteiger partial charge in [-0.2, -0.15) is 0 Å². The number of hydrogen-bond donors (Lipinski definition) is 2. The third-order valence-corrected chi connectivity index (χ3v) is 5.13. The van der Waals surface area contributed by atoms with Gasteiger partial charge in [-0.3, -0.25) is 0 Å². The Hall–Kier alpha value is -0.950. The quantitative estimate of drug-likeness (QED) is 0.823. The van der Waals surface area contributed by atoms with Crippen LogP contribution in [0.15, 0.2) is 29.2 Å². The Bertz CT molecular complexity index is 550. The predicted octanol–water partition coefficient (Wildman–Crippen LogP) is 1.14. The molecule has 5 nitrogen and oxygen atoms in total. The van der Waals surface area contributed by atoms with Crippen LogP contribution in [0.1, 0.15) is 25.0 Å². The molecule has 1 heterocycles. The van der Waals surface area contributed by atoms with Crippen LogP contribution in [0.5, 0.6) is 0 Å². The average molecular weight is 313 g/mol. The molecule has 0 aromatic heterocycles. The molecule has 3 unspecified atom stereocenters. The molecule has 0 saturated carbocycles. The Morgan fingerprint density at radius 1 is 1.38 bits per heavy atom. The Kier molecular flexibility index (Phi) is 5.37. The second kappa shape index (κ2) is 6.87. The van der Waals surface area contributed by atoms with Crippen molar-refractivity contribution in [2.45, 2.75) is 30.4 Å². The van der Waals surface area contributed by atoms with Crippen LogP contribution in [0.3, 0.4) is 0 Å². The molecule has 0 bridgehead atoms. The van der Waals surface area contributed by atoms with Gasteiger partial charge in [-0.05, 0) is 37.0 Å². The summed E-state index contributed by atoms with van der Waals surface area (Å²) in [5.41, 5.74) is 0.713. The van der Waals surface area contributed by atoms with Crippen LogP contribution in [0.25, 0.3) is 0 Å². The number of rotatable bonds is 6. The molecule has 2 N–H and O–H groups in total. The summed E-state index contributed by atoms with van der Waals surface area (Å²) in [7, 11) is -3.19. The molecular weight excluding hydrogens is 290 g/mol. The molecule has 3 atom stereocenters. The fraction of sp³-hybridized carbons (Fsp3) is 0.600. The number of sulfone groups is 1. The number of benzene rings is 1. The van der Waals surface area contributed by atoms with E-state index in [1.807, 2.05) is 0 Å². The molecule has 1 fully saturated rings. The monoisotopic (exact) mass is 313 g/mol. The minimum atomic E-state index is -3.19. The Labute approximate surface area is 126 Å². The summed E-state index contributed by atoms with van der Waals surface area (Å²) < 4.78 is 28.1. The van der Waals surface area contributed by atoms with Gasteiger partial charge in [0.1, 0.15) is 0 Å². The largest absolute Gasteiger partial charge is 0.387 e. The Morgan fingerprint density at radius 2 is 2.05 bits per heavy atom. The van der Waals surface area contributed by atoms with Crippen molar-refractivity contribution >= 4 is 9.84 Å². The highest BCUT2D eigenvalue weighted by atomic mass is 32.2. The summed E-state index contributed by atoms with van der Waals surface area (Å²) in [5.74, 6) is 0.491. The Balaban J connectivity index is 1.89. The van der Waals surface area contributed by atoms with E-state index >= 15 is 0 Å². The molecule has 2 rings (SSSR count). The number of nitrogens with one attached hydrogen (secondary N) is 1. The lowest BCUT2D eigenvalue weighted by molar-refractivity contribution is 0.156. The normalized spacial score (nSPS) is 22.1. The van der Waals surface area contributed by atoms with Crippen molar-refractivity contribution in [1.82, 2.24) is 5.32 Å². The zero-order valence-corrected chi connectivity index (χ0v) is 13.3. The van der Waals surface area contributed by atoms with Crippen LogP contribution in [-0.2, 0) is 14.6 Å². The summed E-state index contributed by atoms with van der Waals surface area (Å²) in [6.07, 6.45) is 1.57. The van der Waals surface area contributed by atoms with E-state index in [0.717, 1.165) is 19.6 Å². The molecule has 0 radical (unpaired) electrons. The third kappa shape index (κ3) is 4.51. The lowest BCUT2D eigenvalue weighted by Gasteiger charge is -2.21. The van der Waals surface area contributed by atoms with Crippen molar-refractivity contribution in [3.05, 3.63) is 29.8 Å². The van der Waals surface area contributed by atoms with Gasteiger partial charge < -0.3 is 15.2 Å². The highest BCUT2D eigenvalue weighted by Gasteiger charge is 2.22. The first-order chi connectivity index (χ1) is 9.88. The SMILES string of the molecule is CC(NCC(O)c1ccc(S(C)(=O)=O)cc1)C1CCOC1. The van der Waals surface area contributed by atoms with Crippen LogP contribution in [0, 0.1) is 5.92 Å². The van der Waals surface area contributed by atoms with Gasteiger partial charge in [-0.1, -0.05) is 12.1 Å². The molecular formula is C15H23NO4S. The molecule has 0 aliphatic carbocycles. The van der Waals surface area contributed by atoms with Gasteiger partial charge in [0.05, 0.1) is 17.6 Å². The summed E-state index contributed by atoms with van der Waals surface area (Å²) in [4.78, 5) is 0.267. The van der Waals surface area contributed by atoms with Gasteiger partial charge in [0, 0.05) is 25.4 Å². The first kappa shape index (κ1) is 16.4. The molecule has 0 amide bonds. The Morgan fingerprint density at radius 3 is 2.57 bits per heavy atom. The predicted molar refractivity (Wildman–Crippen MR) is 80.9 cm³/mol. The fourth-order valence-electron chi connectivity index (χ4n) is 2.47. The third-order valence-electron chi connectivity index (χ3n) is 4.00. The maximum Gasteiger partial charge on any atom is 0.175 e. The zero-order chi connectivity index (χ0) is 15.5. The van der Waals surface area contributed by atoms with Gasteiger partial charge in [-0.15, -0.1) is 0 Å². The van der Waals surface area contributed by atoms with Crippen LogP contribution in [-0.4, -0.2) is 45.6 Å². The van der Waals surface area contributed by atoms with E-state index in [0.29, 0.717) is 18.0 Å². The van der Waals surface area contributed by atoms with Crippen LogP contribution >= 0.6 is 0 Å². The molecule has 1 saturated heterocycles. The van der Waals surface area contributed by atoms with Crippen molar-refractivity contribution in [1.29, 1.82) is 0 Å². The van der Waals surface area contributed by atoms with Crippen molar-refractivity contribution in [2.24, 2.45) is 5.92 Å². The first-order valence-electron chi connectivity index (χ1n) is 7.17. The lowest BCUT2D eigenvalue weighted by atomic mass is 10.0. The van der Waals surface area contributed by atoms with E-state index in [2.05, 4.69) is 12.2 Å². The maximum atomic E-state index is 11.4. The number of hydrogen-bond acceptors (Lipinski definition) is 5. The van der Waals surface area contributed by atoms with Gasteiger partial charge >= 0.3 is 0 Å². The summed E-state index contributed by atoms with van der Waals surface area (Å²) >= 11 is 0. The van der Waals surface area contributed by atoms with E-state index in [1.54, 1.807) is 12.1 Å². The molecule has 1 aliphatic rings. The van der Waals surface area contributed by atoms with E-state index in [-0.39, 0.29) is 10.9 Å². The molecule has 21 heavy (non-hydrogen) atoms. The van der Waals surface area contributed by atoms with Gasteiger partial charge in [0.2, 0.25) is 0 Å². The van der Waals surface area contributed by atoms with Crippen molar-refractivity contribution in [3.8, 4) is 0 Å². The number of aliphatic hydroxyl groups is 1.